The van der Waals surface area contributed by atoms with Gasteiger partial charge in [0.15, 0.2) is 0 Å². The van der Waals surface area contributed by atoms with Gasteiger partial charge >= 0.3 is 0 Å². The van der Waals surface area contributed by atoms with Crippen molar-refractivity contribution in [1.82, 2.24) is 15.0 Å². The third kappa shape index (κ3) is 3.02. The lowest BCUT2D eigenvalue weighted by Crippen LogP contribution is -2.00. The van der Waals surface area contributed by atoms with Gasteiger partial charge < -0.3 is 5.32 Å². The van der Waals surface area contributed by atoms with Crippen LogP contribution in [0.1, 0.15) is 4.88 Å². The van der Waals surface area contributed by atoms with Gasteiger partial charge in [-0.2, -0.15) is 15.0 Å². The maximum atomic E-state index is 4.09. The van der Waals surface area contributed by atoms with Crippen molar-refractivity contribution in [3.8, 4) is 5.69 Å². The van der Waals surface area contributed by atoms with E-state index in [0.29, 0.717) is 0 Å². The molecule has 0 saturated carbocycles. The predicted octanol–water partition coefficient (Wildman–Crippen LogP) is 3.70. The van der Waals surface area contributed by atoms with Crippen LogP contribution in [0.3, 0.4) is 0 Å². The Balaban J connectivity index is 1.66. The second kappa shape index (κ2) is 5.54. The summed E-state index contributed by atoms with van der Waals surface area (Å²) in [6.45, 7) is 0.829. The normalized spacial score (nSPS) is 10.6. The molecule has 4 nitrogen and oxygen atoms in total. The van der Waals surface area contributed by atoms with E-state index in [1.54, 1.807) is 28.5 Å². The SMILES string of the molecule is Brc1csc(CNc2ccc(-n3nccn3)cc2)c1. The van der Waals surface area contributed by atoms with Crippen molar-refractivity contribution in [1.29, 1.82) is 0 Å². The first kappa shape index (κ1) is 12.4. The van der Waals surface area contributed by atoms with Crippen LogP contribution in [-0.4, -0.2) is 15.0 Å². The monoisotopic (exact) mass is 334 g/mol. The smallest absolute Gasteiger partial charge is 0.0858 e. The molecule has 0 fully saturated rings. The molecule has 0 aliphatic carbocycles. The van der Waals surface area contributed by atoms with Crippen molar-refractivity contribution in [2.75, 3.05) is 5.32 Å². The summed E-state index contributed by atoms with van der Waals surface area (Å²) < 4.78 is 1.13. The Kier molecular flexibility index (Phi) is 3.61. The Bertz CT molecular complexity index is 646. The summed E-state index contributed by atoms with van der Waals surface area (Å²) in [6.07, 6.45) is 3.33. The molecule has 0 aliphatic rings. The highest BCUT2D eigenvalue weighted by atomic mass is 79.9. The lowest BCUT2D eigenvalue weighted by molar-refractivity contribution is 0.752. The van der Waals surface area contributed by atoms with E-state index in [9.17, 15) is 0 Å². The Morgan fingerprint density at radius 3 is 2.53 bits per heavy atom. The molecule has 2 heterocycles. The van der Waals surface area contributed by atoms with Crippen molar-refractivity contribution in [3.05, 3.63) is 57.5 Å². The third-order valence-electron chi connectivity index (χ3n) is 2.61. The van der Waals surface area contributed by atoms with Crippen LogP contribution >= 0.6 is 27.3 Å². The molecule has 1 N–H and O–H groups in total. The Morgan fingerprint density at radius 2 is 1.89 bits per heavy atom. The maximum Gasteiger partial charge on any atom is 0.0858 e. The second-order valence-corrected chi connectivity index (χ2v) is 5.86. The first-order valence-electron chi connectivity index (χ1n) is 5.75. The van der Waals surface area contributed by atoms with Gasteiger partial charge in [0.05, 0.1) is 18.1 Å². The summed E-state index contributed by atoms with van der Waals surface area (Å²) in [7, 11) is 0. The van der Waals surface area contributed by atoms with Gasteiger partial charge in [-0.05, 0) is 46.3 Å². The van der Waals surface area contributed by atoms with Crippen LogP contribution in [0.2, 0.25) is 0 Å². The van der Waals surface area contributed by atoms with E-state index < -0.39 is 0 Å². The number of hydrogen-bond donors (Lipinski definition) is 1. The van der Waals surface area contributed by atoms with Crippen molar-refractivity contribution >= 4 is 33.0 Å². The van der Waals surface area contributed by atoms with Gasteiger partial charge in [-0.1, -0.05) is 0 Å². The third-order valence-corrected chi connectivity index (χ3v) is 4.30. The van der Waals surface area contributed by atoms with Gasteiger partial charge in [0, 0.05) is 27.0 Å². The second-order valence-electron chi connectivity index (χ2n) is 3.95. The molecule has 6 heteroatoms. The predicted molar refractivity (Wildman–Crippen MR) is 80.7 cm³/mol. The van der Waals surface area contributed by atoms with Crippen LogP contribution in [0.15, 0.2) is 52.6 Å². The van der Waals surface area contributed by atoms with Gasteiger partial charge in [0.25, 0.3) is 0 Å². The van der Waals surface area contributed by atoms with E-state index in [4.69, 9.17) is 0 Å². The highest BCUT2D eigenvalue weighted by Gasteiger charge is 2.00. The topological polar surface area (TPSA) is 42.7 Å². The lowest BCUT2D eigenvalue weighted by Gasteiger charge is -2.06. The van der Waals surface area contributed by atoms with Gasteiger partial charge in [-0.3, -0.25) is 0 Å². The Morgan fingerprint density at radius 1 is 1.16 bits per heavy atom. The van der Waals surface area contributed by atoms with E-state index in [2.05, 4.69) is 42.9 Å². The standard InChI is InChI=1S/C13H11BrN4S/c14-10-7-13(19-9-10)8-15-11-1-3-12(4-2-11)18-16-5-6-17-18/h1-7,9,15H,8H2. The molecule has 0 aliphatic heterocycles. The van der Waals surface area contributed by atoms with E-state index in [0.717, 1.165) is 22.4 Å². The number of rotatable bonds is 4. The van der Waals surface area contributed by atoms with Crippen LogP contribution in [0.4, 0.5) is 5.69 Å². The molecular formula is C13H11BrN4S. The van der Waals surface area contributed by atoms with Gasteiger partial charge in [0.2, 0.25) is 0 Å². The Labute approximate surface area is 123 Å². The quantitative estimate of drug-likeness (QED) is 0.790. The van der Waals surface area contributed by atoms with E-state index in [-0.39, 0.29) is 0 Å². The maximum absolute atomic E-state index is 4.09. The number of benzene rings is 1. The summed E-state index contributed by atoms with van der Waals surface area (Å²) >= 11 is 5.19. The minimum Gasteiger partial charge on any atom is -0.380 e. The summed E-state index contributed by atoms with van der Waals surface area (Å²) in [6, 6.07) is 10.2. The fourth-order valence-corrected chi connectivity index (χ4v) is 3.09. The number of nitrogens with zero attached hydrogens (tertiary/aromatic N) is 3. The van der Waals surface area contributed by atoms with Crippen LogP contribution in [0.25, 0.3) is 5.69 Å². The molecule has 19 heavy (non-hydrogen) atoms. The van der Waals surface area contributed by atoms with Gasteiger partial charge in [-0.25, -0.2) is 0 Å². The van der Waals surface area contributed by atoms with Crippen molar-refractivity contribution in [3.63, 3.8) is 0 Å². The summed E-state index contributed by atoms with van der Waals surface area (Å²) in [5.74, 6) is 0. The first-order valence-corrected chi connectivity index (χ1v) is 7.42. The number of hydrogen-bond acceptors (Lipinski definition) is 4. The fourth-order valence-electron chi connectivity index (χ4n) is 1.70. The highest BCUT2D eigenvalue weighted by molar-refractivity contribution is 9.10. The molecule has 0 unspecified atom stereocenters. The summed E-state index contributed by atoms with van der Waals surface area (Å²) in [5.41, 5.74) is 2.04. The molecule has 1 aromatic carbocycles. The number of nitrogens with one attached hydrogen (secondary N) is 1. The molecule has 3 rings (SSSR count). The molecule has 96 valence electrons. The van der Waals surface area contributed by atoms with Crippen LogP contribution in [-0.2, 0) is 6.54 Å². The van der Waals surface area contributed by atoms with Gasteiger partial charge in [0.1, 0.15) is 0 Å². The van der Waals surface area contributed by atoms with Crippen LogP contribution in [0, 0.1) is 0 Å². The average molecular weight is 335 g/mol. The van der Waals surface area contributed by atoms with E-state index in [1.807, 2.05) is 24.3 Å². The lowest BCUT2D eigenvalue weighted by atomic mass is 10.3. The zero-order chi connectivity index (χ0) is 13.1. The zero-order valence-corrected chi connectivity index (χ0v) is 12.4. The molecular weight excluding hydrogens is 324 g/mol. The van der Waals surface area contributed by atoms with Crippen molar-refractivity contribution in [2.45, 2.75) is 6.54 Å². The molecule has 0 radical (unpaired) electrons. The molecule has 0 spiro atoms. The molecule has 2 aromatic heterocycles. The molecule has 0 amide bonds. The molecule has 0 atom stereocenters. The minimum absolute atomic E-state index is 0.829. The largest absolute Gasteiger partial charge is 0.380 e. The number of aromatic nitrogens is 3. The van der Waals surface area contributed by atoms with Crippen LogP contribution in [0.5, 0.6) is 0 Å². The van der Waals surface area contributed by atoms with Crippen molar-refractivity contribution < 1.29 is 0 Å². The molecule has 3 aromatic rings. The van der Waals surface area contributed by atoms with Crippen molar-refractivity contribution in [2.24, 2.45) is 0 Å². The fraction of sp³-hybridized carbons (Fsp3) is 0.0769. The van der Waals surface area contributed by atoms with E-state index in [1.165, 1.54) is 4.88 Å². The van der Waals surface area contributed by atoms with Crippen LogP contribution < -0.4 is 5.32 Å². The summed E-state index contributed by atoms with van der Waals surface area (Å²) in [5, 5.41) is 13.7. The minimum atomic E-state index is 0.829. The van der Waals surface area contributed by atoms with Gasteiger partial charge in [-0.15, -0.1) is 11.3 Å². The summed E-state index contributed by atoms with van der Waals surface area (Å²) in [4.78, 5) is 2.89. The number of anilines is 1. The van der Waals surface area contributed by atoms with E-state index >= 15 is 0 Å². The highest BCUT2D eigenvalue weighted by Crippen LogP contribution is 2.21. The first-order chi connectivity index (χ1) is 9.31. The Hall–Kier alpha value is -1.66. The number of halogens is 1. The zero-order valence-electron chi connectivity index (χ0n) is 9.95. The average Bonchev–Trinajstić information content (AvgIpc) is 3.08. The number of thiophene rings is 1. The molecule has 0 saturated heterocycles. The molecule has 0 bridgehead atoms.